The van der Waals surface area contributed by atoms with Gasteiger partial charge in [-0.15, -0.1) is 0 Å². The van der Waals surface area contributed by atoms with Gasteiger partial charge in [-0.05, 0) is 70.9 Å². The van der Waals surface area contributed by atoms with Gasteiger partial charge in [0.2, 0.25) is 0 Å². The van der Waals surface area contributed by atoms with Gasteiger partial charge in [0, 0.05) is 12.6 Å². The number of hydrogen-bond donors (Lipinski definition) is 0. The molecule has 0 N–H and O–H groups in total. The van der Waals surface area contributed by atoms with E-state index in [-0.39, 0.29) is 0 Å². The molecule has 0 radical (unpaired) electrons. The lowest BCUT2D eigenvalue weighted by Gasteiger charge is -2.06. The van der Waals surface area contributed by atoms with Crippen molar-refractivity contribution in [3.05, 3.63) is 82.5 Å². The molecule has 0 atom stereocenters. The number of aryl methyl sites for hydroxylation is 2. The van der Waals surface area contributed by atoms with E-state index in [9.17, 15) is 0 Å². The third-order valence-corrected chi connectivity index (χ3v) is 5.35. The SMILES string of the molecule is C/C=C(\CN=CCc1cc(C)cc(C)c1)CC(C)C.C=C/C=C(C)\C(C)=C/C.CCC.CCC(C)C. The lowest BCUT2D eigenvalue weighted by atomic mass is 10.0. The summed E-state index contributed by atoms with van der Waals surface area (Å²) in [5.41, 5.74) is 8.05. The van der Waals surface area contributed by atoms with E-state index in [1.807, 2.05) is 19.1 Å². The Morgan fingerprint density at radius 1 is 0.861 bits per heavy atom. The molecule has 0 aliphatic heterocycles. The number of aliphatic imine (C=N–C) groups is 1. The molecule has 0 amide bonds. The Kier molecular flexibility index (Phi) is 27.6. The molecular weight excluding hydrogens is 434 g/mol. The minimum atomic E-state index is 0.709. The third-order valence-electron chi connectivity index (χ3n) is 5.35. The van der Waals surface area contributed by atoms with E-state index < -0.39 is 0 Å². The second-order valence-corrected chi connectivity index (χ2v) is 10.3. The van der Waals surface area contributed by atoms with Crippen molar-refractivity contribution in [3.63, 3.8) is 0 Å². The summed E-state index contributed by atoms with van der Waals surface area (Å²) in [6.07, 6.45) is 14.8. The minimum absolute atomic E-state index is 0.709. The lowest BCUT2D eigenvalue weighted by Crippen LogP contribution is -1.96. The molecule has 0 fully saturated rings. The first-order valence-corrected chi connectivity index (χ1v) is 14.0. The highest BCUT2D eigenvalue weighted by atomic mass is 14.7. The highest BCUT2D eigenvalue weighted by Gasteiger charge is 1.99. The second kappa shape index (κ2) is 25.9. The molecule has 0 saturated heterocycles. The molecule has 0 unspecified atom stereocenters. The van der Waals surface area contributed by atoms with Crippen LogP contribution < -0.4 is 0 Å². The highest BCUT2D eigenvalue weighted by molar-refractivity contribution is 5.62. The lowest BCUT2D eigenvalue weighted by molar-refractivity contribution is 0.626. The zero-order chi connectivity index (χ0) is 28.5. The van der Waals surface area contributed by atoms with Crippen molar-refractivity contribution in [2.24, 2.45) is 16.8 Å². The topological polar surface area (TPSA) is 12.4 Å². The Labute approximate surface area is 227 Å². The molecule has 0 spiro atoms. The summed E-state index contributed by atoms with van der Waals surface area (Å²) in [4.78, 5) is 4.56. The van der Waals surface area contributed by atoms with Crippen LogP contribution in [0.2, 0.25) is 0 Å². The molecule has 36 heavy (non-hydrogen) atoms. The number of benzene rings is 1. The van der Waals surface area contributed by atoms with E-state index in [4.69, 9.17) is 0 Å². The Bertz CT molecular complexity index is 765. The first kappa shape index (κ1) is 38.4. The fourth-order valence-electron chi connectivity index (χ4n) is 2.87. The van der Waals surface area contributed by atoms with Crippen molar-refractivity contribution in [2.75, 3.05) is 6.54 Å². The number of allylic oxidation sites excluding steroid dienone is 6. The largest absolute Gasteiger partial charge is 0.293 e. The number of hydrogen-bond acceptors (Lipinski definition) is 1. The van der Waals surface area contributed by atoms with Crippen LogP contribution in [0, 0.1) is 25.7 Å². The molecule has 0 aliphatic carbocycles. The fourth-order valence-corrected chi connectivity index (χ4v) is 2.87. The van der Waals surface area contributed by atoms with Gasteiger partial charge in [0.15, 0.2) is 0 Å². The van der Waals surface area contributed by atoms with Gasteiger partial charge in [0.05, 0.1) is 6.54 Å². The quantitative estimate of drug-likeness (QED) is 0.183. The zero-order valence-electron chi connectivity index (χ0n) is 26.5. The third kappa shape index (κ3) is 26.5. The summed E-state index contributed by atoms with van der Waals surface area (Å²) >= 11 is 0. The highest BCUT2D eigenvalue weighted by Crippen LogP contribution is 2.11. The van der Waals surface area contributed by atoms with Gasteiger partial charge in [-0.2, -0.15) is 0 Å². The van der Waals surface area contributed by atoms with Gasteiger partial charge >= 0.3 is 0 Å². The van der Waals surface area contributed by atoms with Crippen LogP contribution in [0.1, 0.15) is 112 Å². The van der Waals surface area contributed by atoms with Gasteiger partial charge in [0.25, 0.3) is 0 Å². The summed E-state index contributed by atoms with van der Waals surface area (Å²) in [5.74, 6) is 1.59. The maximum Gasteiger partial charge on any atom is 0.0595 e. The fraction of sp³-hybridized carbons (Fsp3) is 0.571. The van der Waals surface area contributed by atoms with Crippen molar-refractivity contribution in [2.45, 2.75) is 116 Å². The maximum atomic E-state index is 4.56. The Balaban J connectivity index is -0.000000529. The van der Waals surface area contributed by atoms with E-state index in [2.05, 4.69) is 131 Å². The van der Waals surface area contributed by atoms with Crippen molar-refractivity contribution < 1.29 is 0 Å². The van der Waals surface area contributed by atoms with Crippen molar-refractivity contribution in [1.29, 1.82) is 0 Å². The molecule has 1 aromatic rings. The Morgan fingerprint density at radius 2 is 1.36 bits per heavy atom. The molecule has 1 heteroatoms. The summed E-state index contributed by atoms with van der Waals surface area (Å²) in [6, 6.07) is 6.69. The second-order valence-electron chi connectivity index (χ2n) is 10.3. The molecule has 1 nitrogen and oxygen atoms in total. The normalized spacial score (nSPS) is 11.9. The van der Waals surface area contributed by atoms with Crippen molar-refractivity contribution in [1.82, 2.24) is 0 Å². The summed E-state index contributed by atoms with van der Waals surface area (Å²) < 4.78 is 0. The molecule has 0 saturated carbocycles. The summed E-state index contributed by atoms with van der Waals surface area (Å²) in [5, 5.41) is 0. The first-order valence-electron chi connectivity index (χ1n) is 14.0. The Hall–Kier alpha value is -2.15. The van der Waals surface area contributed by atoms with E-state index >= 15 is 0 Å². The van der Waals surface area contributed by atoms with Gasteiger partial charge in [-0.25, -0.2) is 0 Å². The van der Waals surface area contributed by atoms with Crippen LogP contribution in [0.25, 0.3) is 0 Å². The maximum absolute atomic E-state index is 4.56. The van der Waals surface area contributed by atoms with E-state index in [0.29, 0.717) is 5.92 Å². The predicted molar refractivity (Wildman–Crippen MR) is 171 cm³/mol. The predicted octanol–water partition coefficient (Wildman–Crippen LogP) is 11.5. The monoisotopic (exact) mass is 495 g/mol. The van der Waals surface area contributed by atoms with Crippen LogP contribution in [0.5, 0.6) is 0 Å². The van der Waals surface area contributed by atoms with Crippen LogP contribution in [0.15, 0.2) is 70.8 Å². The van der Waals surface area contributed by atoms with Crippen LogP contribution in [-0.2, 0) is 6.42 Å². The van der Waals surface area contributed by atoms with E-state index in [0.717, 1.165) is 25.3 Å². The Morgan fingerprint density at radius 3 is 1.72 bits per heavy atom. The number of rotatable bonds is 9. The number of nitrogens with zero attached hydrogens (tertiary/aromatic N) is 1. The van der Waals surface area contributed by atoms with Crippen LogP contribution >= 0.6 is 0 Å². The van der Waals surface area contributed by atoms with Crippen molar-refractivity contribution in [3.8, 4) is 0 Å². The molecular formula is C35H61N. The van der Waals surface area contributed by atoms with E-state index in [1.54, 1.807) is 0 Å². The molecule has 0 aliphatic rings. The van der Waals surface area contributed by atoms with Crippen molar-refractivity contribution >= 4 is 6.21 Å². The van der Waals surface area contributed by atoms with Gasteiger partial charge < -0.3 is 0 Å². The zero-order valence-corrected chi connectivity index (χ0v) is 26.5. The summed E-state index contributed by atoms with van der Waals surface area (Å²) in [6.45, 7) is 32.5. The average molecular weight is 496 g/mol. The smallest absolute Gasteiger partial charge is 0.0595 e. The molecule has 0 heterocycles. The average Bonchev–Trinajstić information content (AvgIpc) is 2.81. The molecule has 0 aromatic heterocycles. The van der Waals surface area contributed by atoms with Gasteiger partial charge in [-0.1, -0.05) is 133 Å². The molecule has 1 rings (SSSR count). The van der Waals surface area contributed by atoms with Gasteiger partial charge in [0.1, 0.15) is 0 Å². The minimum Gasteiger partial charge on any atom is -0.293 e. The standard InChI is InChI=1S/C18H27N.C9H14.C5H12.C3H8/c1-6-17(9-14(2)3)13-19-8-7-18-11-15(4)10-16(5)12-18;1-5-7-9(4)8(3)6-2;1-4-5(2)3;1-3-2/h6,8,10-12,14H,7,9,13H2,1-5H3;5-7H,1H2,2-4H3;5H,4H2,1-3H3;3H2,1-2H3/b17-6-,19-8?;8-6-,9-7-;;. The summed E-state index contributed by atoms with van der Waals surface area (Å²) in [7, 11) is 0. The van der Waals surface area contributed by atoms with Crippen LogP contribution in [0.4, 0.5) is 0 Å². The van der Waals surface area contributed by atoms with Gasteiger partial charge in [-0.3, -0.25) is 4.99 Å². The van der Waals surface area contributed by atoms with E-state index in [1.165, 1.54) is 46.3 Å². The van der Waals surface area contributed by atoms with Crippen LogP contribution in [-0.4, -0.2) is 12.8 Å². The molecule has 206 valence electrons. The molecule has 1 aromatic carbocycles. The first-order chi connectivity index (χ1) is 16.9. The molecule has 0 bridgehead atoms. The van der Waals surface area contributed by atoms with Crippen LogP contribution in [0.3, 0.4) is 0 Å².